The zero-order valence-electron chi connectivity index (χ0n) is 7.59. The summed E-state index contributed by atoms with van der Waals surface area (Å²) in [5, 5.41) is 0. The Kier molecular flexibility index (Phi) is 3.81. The van der Waals surface area contributed by atoms with Gasteiger partial charge in [0.2, 0.25) is 0 Å². The van der Waals surface area contributed by atoms with Gasteiger partial charge in [0.1, 0.15) is 0 Å². The Balaban J connectivity index is 2.60. The van der Waals surface area contributed by atoms with E-state index in [4.69, 9.17) is 5.73 Å². The first-order valence-corrected chi connectivity index (χ1v) is 4.42. The normalized spacial score (nSPS) is 10.2. The molecule has 0 saturated heterocycles. The molecule has 0 aliphatic rings. The lowest BCUT2D eigenvalue weighted by Gasteiger charge is -2.01. The first kappa shape index (κ1) is 9.27. The summed E-state index contributed by atoms with van der Waals surface area (Å²) in [7, 11) is 0. The van der Waals surface area contributed by atoms with E-state index >= 15 is 0 Å². The Bertz CT molecular complexity index is 230. The summed E-state index contributed by atoms with van der Waals surface area (Å²) in [6.45, 7) is 2.73. The summed E-state index contributed by atoms with van der Waals surface area (Å²) in [5.74, 6) is 0. The molecule has 0 aliphatic carbocycles. The molecular weight excluding hydrogens is 146 g/mol. The van der Waals surface area contributed by atoms with Crippen molar-refractivity contribution in [2.45, 2.75) is 26.3 Å². The van der Waals surface area contributed by atoms with E-state index in [1.807, 2.05) is 0 Å². The molecule has 65 valence electrons. The van der Waals surface area contributed by atoms with Crippen molar-refractivity contribution in [3.05, 3.63) is 41.8 Å². The molecular formula is C11H16N. The smallest absolute Gasteiger partial charge is 0.0178 e. The van der Waals surface area contributed by atoms with Gasteiger partial charge >= 0.3 is 0 Å². The van der Waals surface area contributed by atoms with E-state index in [0.717, 1.165) is 12.8 Å². The molecule has 0 bridgehead atoms. The van der Waals surface area contributed by atoms with Crippen LogP contribution in [0.5, 0.6) is 0 Å². The zero-order valence-corrected chi connectivity index (χ0v) is 7.59. The van der Waals surface area contributed by atoms with Crippen LogP contribution in [0.25, 0.3) is 0 Å². The minimum Gasteiger partial charge on any atom is -0.326 e. The molecule has 0 spiro atoms. The lowest BCUT2D eigenvalue weighted by atomic mass is 10.1. The highest BCUT2D eigenvalue weighted by Gasteiger charge is 1.93. The molecule has 1 heteroatoms. The van der Waals surface area contributed by atoms with E-state index in [2.05, 4.69) is 37.6 Å². The summed E-state index contributed by atoms with van der Waals surface area (Å²) in [4.78, 5) is 0. The molecule has 1 radical (unpaired) electrons. The van der Waals surface area contributed by atoms with E-state index in [1.165, 1.54) is 11.1 Å². The predicted molar refractivity (Wildman–Crippen MR) is 52.6 cm³/mol. The van der Waals surface area contributed by atoms with Crippen LogP contribution >= 0.6 is 0 Å². The Labute approximate surface area is 74.6 Å². The molecule has 12 heavy (non-hydrogen) atoms. The SMILES string of the molecule is C[CH]CCc1cccc(CN)c1. The van der Waals surface area contributed by atoms with Gasteiger partial charge in [-0.05, 0) is 30.4 Å². The Morgan fingerprint density at radius 3 is 2.75 bits per heavy atom. The second-order valence-corrected chi connectivity index (χ2v) is 2.97. The van der Waals surface area contributed by atoms with Crippen LogP contribution in [0.1, 0.15) is 24.5 Å². The maximum absolute atomic E-state index is 5.54. The standard InChI is InChI=1S/C11H16N/c1-2-3-5-10-6-4-7-11(8-10)9-12/h2,4,6-8H,3,5,9,12H2,1H3. The van der Waals surface area contributed by atoms with Gasteiger partial charge in [0.25, 0.3) is 0 Å². The van der Waals surface area contributed by atoms with Crippen LogP contribution in [0.2, 0.25) is 0 Å². The maximum atomic E-state index is 5.54. The van der Waals surface area contributed by atoms with E-state index in [0.29, 0.717) is 6.54 Å². The summed E-state index contributed by atoms with van der Waals surface area (Å²) < 4.78 is 0. The van der Waals surface area contributed by atoms with Crippen molar-refractivity contribution >= 4 is 0 Å². The molecule has 1 nitrogen and oxygen atoms in total. The number of hydrogen-bond acceptors (Lipinski definition) is 1. The van der Waals surface area contributed by atoms with Crippen LogP contribution in [-0.4, -0.2) is 0 Å². The molecule has 2 N–H and O–H groups in total. The number of benzene rings is 1. The topological polar surface area (TPSA) is 26.0 Å². The second kappa shape index (κ2) is 4.94. The minimum absolute atomic E-state index is 0.643. The maximum Gasteiger partial charge on any atom is 0.0178 e. The third-order valence-corrected chi connectivity index (χ3v) is 1.95. The van der Waals surface area contributed by atoms with Crippen LogP contribution in [0.3, 0.4) is 0 Å². The molecule has 1 aromatic carbocycles. The summed E-state index contributed by atoms with van der Waals surface area (Å²) in [5.41, 5.74) is 8.15. The van der Waals surface area contributed by atoms with Gasteiger partial charge in [-0.15, -0.1) is 0 Å². The van der Waals surface area contributed by atoms with Gasteiger partial charge in [0.15, 0.2) is 0 Å². The number of aryl methyl sites for hydroxylation is 1. The average molecular weight is 162 g/mol. The van der Waals surface area contributed by atoms with Gasteiger partial charge in [-0.1, -0.05) is 31.2 Å². The third kappa shape index (κ3) is 2.67. The van der Waals surface area contributed by atoms with Crippen molar-refractivity contribution in [1.82, 2.24) is 0 Å². The fourth-order valence-electron chi connectivity index (χ4n) is 1.22. The molecule has 0 aliphatic heterocycles. The highest BCUT2D eigenvalue weighted by Crippen LogP contribution is 2.07. The lowest BCUT2D eigenvalue weighted by molar-refractivity contribution is 0.929. The molecule has 0 fully saturated rings. The summed E-state index contributed by atoms with van der Waals surface area (Å²) in [6.07, 6.45) is 4.47. The van der Waals surface area contributed by atoms with Gasteiger partial charge in [-0.3, -0.25) is 0 Å². The molecule has 0 heterocycles. The van der Waals surface area contributed by atoms with Gasteiger partial charge in [0.05, 0.1) is 0 Å². The fourth-order valence-corrected chi connectivity index (χ4v) is 1.22. The van der Waals surface area contributed by atoms with E-state index in [1.54, 1.807) is 0 Å². The number of hydrogen-bond donors (Lipinski definition) is 1. The van der Waals surface area contributed by atoms with E-state index in [-0.39, 0.29) is 0 Å². The lowest BCUT2D eigenvalue weighted by Crippen LogP contribution is -1.96. The number of unbranched alkanes of at least 4 members (excludes halogenated alkanes) is 1. The van der Waals surface area contributed by atoms with Crippen molar-refractivity contribution in [2.24, 2.45) is 5.73 Å². The van der Waals surface area contributed by atoms with Gasteiger partial charge in [-0.25, -0.2) is 0 Å². The number of nitrogens with two attached hydrogens (primary N) is 1. The number of rotatable bonds is 4. The second-order valence-electron chi connectivity index (χ2n) is 2.97. The summed E-state index contributed by atoms with van der Waals surface area (Å²) >= 11 is 0. The molecule has 1 aromatic rings. The zero-order chi connectivity index (χ0) is 8.81. The highest BCUT2D eigenvalue weighted by molar-refractivity contribution is 5.23. The first-order valence-electron chi connectivity index (χ1n) is 4.42. The van der Waals surface area contributed by atoms with Crippen molar-refractivity contribution in [2.75, 3.05) is 0 Å². The monoisotopic (exact) mass is 162 g/mol. The van der Waals surface area contributed by atoms with Crippen LogP contribution in [0.4, 0.5) is 0 Å². The Hall–Kier alpha value is -0.820. The van der Waals surface area contributed by atoms with Gasteiger partial charge in [0, 0.05) is 6.54 Å². The fraction of sp³-hybridized carbons (Fsp3) is 0.364. The highest BCUT2D eigenvalue weighted by atomic mass is 14.5. The molecule has 0 atom stereocenters. The molecule has 0 saturated carbocycles. The largest absolute Gasteiger partial charge is 0.326 e. The van der Waals surface area contributed by atoms with Crippen molar-refractivity contribution < 1.29 is 0 Å². The van der Waals surface area contributed by atoms with Crippen LogP contribution in [0, 0.1) is 6.42 Å². The van der Waals surface area contributed by atoms with Gasteiger partial charge < -0.3 is 5.73 Å². The van der Waals surface area contributed by atoms with E-state index in [9.17, 15) is 0 Å². The molecule has 0 aromatic heterocycles. The molecule has 0 unspecified atom stereocenters. The first-order chi connectivity index (χ1) is 5.86. The average Bonchev–Trinajstić information content (AvgIpc) is 2.15. The third-order valence-electron chi connectivity index (χ3n) is 1.95. The van der Waals surface area contributed by atoms with Crippen molar-refractivity contribution in [1.29, 1.82) is 0 Å². The van der Waals surface area contributed by atoms with Crippen molar-refractivity contribution in [3.8, 4) is 0 Å². The predicted octanol–water partition coefficient (Wildman–Crippen LogP) is 2.30. The summed E-state index contributed by atoms with van der Waals surface area (Å²) in [6, 6.07) is 8.48. The Morgan fingerprint density at radius 1 is 1.33 bits per heavy atom. The van der Waals surface area contributed by atoms with Crippen molar-refractivity contribution in [3.63, 3.8) is 0 Å². The van der Waals surface area contributed by atoms with Crippen LogP contribution in [-0.2, 0) is 13.0 Å². The quantitative estimate of drug-likeness (QED) is 0.722. The van der Waals surface area contributed by atoms with Gasteiger partial charge in [-0.2, -0.15) is 0 Å². The van der Waals surface area contributed by atoms with Crippen LogP contribution < -0.4 is 5.73 Å². The molecule has 1 rings (SSSR count). The minimum atomic E-state index is 0.643. The molecule has 0 amide bonds. The van der Waals surface area contributed by atoms with Crippen LogP contribution in [0.15, 0.2) is 24.3 Å². The Morgan fingerprint density at radius 2 is 2.08 bits per heavy atom. The van der Waals surface area contributed by atoms with E-state index < -0.39 is 0 Å².